The van der Waals surface area contributed by atoms with Crippen molar-refractivity contribution in [1.29, 1.82) is 0 Å². The average molecular weight is 398 g/mol. The van der Waals surface area contributed by atoms with Crippen LogP contribution in [0.25, 0.3) is 0 Å². The molecule has 2 bridgehead atoms. The van der Waals surface area contributed by atoms with E-state index in [0.29, 0.717) is 25.1 Å². The number of piperidine rings is 1. The first kappa shape index (κ1) is 18.4. The number of carbonyl (C=O) groups excluding carboxylic acids is 1. The maximum atomic E-state index is 13.0. The van der Waals surface area contributed by atoms with Crippen molar-refractivity contribution in [3.05, 3.63) is 41.8 Å². The van der Waals surface area contributed by atoms with Crippen molar-refractivity contribution in [2.75, 3.05) is 44.7 Å². The minimum absolute atomic E-state index is 0.0717. The van der Waals surface area contributed by atoms with E-state index in [-0.39, 0.29) is 18.1 Å². The predicted molar refractivity (Wildman–Crippen MR) is 105 cm³/mol. The molecule has 0 aliphatic carbocycles. The lowest BCUT2D eigenvalue weighted by Crippen LogP contribution is -2.44. The molecular formula is C20H26N6O3. The van der Waals surface area contributed by atoms with E-state index in [1.165, 1.54) is 5.06 Å². The molecule has 3 aliphatic heterocycles. The third-order valence-corrected chi connectivity index (χ3v) is 6.02. The molecule has 9 heteroatoms. The highest BCUT2D eigenvalue weighted by Crippen LogP contribution is 2.38. The van der Waals surface area contributed by atoms with Crippen LogP contribution in [0.1, 0.15) is 30.3 Å². The highest BCUT2D eigenvalue weighted by molar-refractivity contribution is 5.77. The molecule has 0 N–H and O–H groups in total. The highest BCUT2D eigenvalue weighted by Gasteiger charge is 2.47. The highest BCUT2D eigenvalue weighted by atomic mass is 16.7. The summed E-state index contributed by atoms with van der Waals surface area (Å²) < 4.78 is 5.99. The quantitative estimate of drug-likeness (QED) is 0.761. The van der Waals surface area contributed by atoms with Gasteiger partial charge in [0, 0.05) is 32.7 Å². The summed E-state index contributed by atoms with van der Waals surface area (Å²) in [6.45, 7) is 4.70. The molecular weight excluding hydrogens is 372 g/mol. The third-order valence-electron chi connectivity index (χ3n) is 6.02. The largest absolute Gasteiger partial charge is 0.406 e. The Balaban J connectivity index is 1.25. The first-order chi connectivity index (χ1) is 14.2. The normalized spacial score (nSPS) is 25.1. The van der Waals surface area contributed by atoms with E-state index in [0.717, 1.165) is 44.6 Å². The molecule has 0 spiro atoms. The van der Waals surface area contributed by atoms with Crippen molar-refractivity contribution in [3.63, 3.8) is 0 Å². The van der Waals surface area contributed by atoms with E-state index in [1.807, 2.05) is 30.3 Å². The van der Waals surface area contributed by atoms with Crippen LogP contribution in [0.3, 0.4) is 0 Å². The van der Waals surface area contributed by atoms with Gasteiger partial charge in [-0.05, 0) is 25.5 Å². The lowest BCUT2D eigenvalue weighted by atomic mass is 10.0. The zero-order chi connectivity index (χ0) is 19.8. The van der Waals surface area contributed by atoms with Crippen molar-refractivity contribution in [1.82, 2.24) is 25.1 Å². The molecule has 2 amide bonds. The van der Waals surface area contributed by atoms with Crippen LogP contribution in [0.5, 0.6) is 0 Å². The van der Waals surface area contributed by atoms with Gasteiger partial charge in [-0.3, -0.25) is 4.84 Å². The van der Waals surface area contributed by atoms with Gasteiger partial charge >= 0.3 is 12.0 Å². The number of anilines is 1. The summed E-state index contributed by atoms with van der Waals surface area (Å²) in [7, 11) is 2.11. The van der Waals surface area contributed by atoms with Crippen molar-refractivity contribution in [3.8, 4) is 0 Å². The van der Waals surface area contributed by atoms with Gasteiger partial charge in [0.15, 0.2) is 0 Å². The average Bonchev–Trinajstić information content (AvgIpc) is 3.33. The van der Waals surface area contributed by atoms with E-state index in [4.69, 9.17) is 9.25 Å². The Kier molecular flexibility index (Phi) is 4.84. The Morgan fingerprint density at radius 2 is 1.90 bits per heavy atom. The van der Waals surface area contributed by atoms with E-state index in [9.17, 15) is 4.79 Å². The van der Waals surface area contributed by atoms with E-state index < -0.39 is 0 Å². The third kappa shape index (κ3) is 3.56. The number of carbonyl (C=O) groups is 1. The van der Waals surface area contributed by atoms with Crippen molar-refractivity contribution in [2.45, 2.75) is 31.5 Å². The summed E-state index contributed by atoms with van der Waals surface area (Å²) in [5.74, 6) is 0.524. The Morgan fingerprint density at radius 1 is 1.10 bits per heavy atom. The maximum absolute atomic E-state index is 13.0. The van der Waals surface area contributed by atoms with Crippen LogP contribution in [-0.2, 0) is 11.4 Å². The fourth-order valence-electron chi connectivity index (χ4n) is 4.26. The molecule has 2 atom stereocenters. The van der Waals surface area contributed by atoms with Crippen LogP contribution in [0.4, 0.5) is 10.8 Å². The second-order valence-corrected chi connectivity index (χ2v) is 7.98. The van der Waals surface area contributed by atoms with Gasteiger partial charge in [0.05, 0.1) is 6.04 Å². The summed E-state index contributed by atoms with van der Waals surface area (Å²) in [6, 6.07) is 10.2. The number of piperazine rings is 1. The summed E-state index contributed by atoms with van der Waals surface area (Å²) >= 11 is 0. The Hall–Kier alpha value is -2.65. The summed E-state index contributed by atoms with van der Waals surface area (Å²) in [5.41, 5.74) is 1.04. The summed E-state index contributed by atoms with van der Waals surface area (Å²) in [6.07, 6.45) is 1.65. The molecule has 29 heavy (non-hydrogen) atoms. The number of hydrogen-bond acceptors (Lipinski definition) is 7. The number of fused-ring (bicyclic) bond motifs is 2. The first-order valence-corrected chi connectivity index (χ1v) is 10.2. The molecule has 0 unspecified atom stereocenters. The lowest BCUT2D eigenvalue weighted by molar-refractivity contribution is -0.140. The minimum atomic E-state index is -0.183. The molecule has 3 aliphatic rings. The van der Waals surface area contributed by atoms with Crippen LogP contribution in [0.15, 0.2) is 34.7 Å². The molecule has 4 heterocycles. The molecule has 1 aromatic heterocycles. The van der Waals surface area contributed by atoms with Gasteiger partial charge in [0.2, 0.25) is 5.89 Å². The van der Waals surface area contributed by atoms with Gasteiger partial charge in [-0.25, -0.2) is 4.79 Å². The fourth-order valence-corrected chi connectivity index (χ4v) is 4.26. The topological polar surface area (TPSA) is 78.2 Å². The van der Waals surface area contributed by atoms with Gasteiger partial charge in [0.1, 0.15) is 12.6 Å². The van der Waals surface area contributed by atoms with Crippen molar-refractivity contribution in [2.24, 2.45) is 0 Å². The summed E-state index contributed by atoms with van der Waals surface area (Å²) in [5, 5.41) is 10.1. The number of aromatic nitrogens is 2. The number of likely N-dealkylation sites (N-methyl/N-ethyl adjacent to an activating group) is 1. The monoisotopic (exact) mass is 398 g/mol. The second-order valence-electron chi connectivity index (χ2n) is 7.98. The minimum Gasteiger partial charge on any atom is -0.406 e. The van der Waals surface area contributed by atoms with Gasteiger partial charge in [-0.15, -0.1) is 5.10 Å². The van der Waals surface area contributed by atoms with Crippen LogP contribution in [-0.4, -0.2) is 76.9 Å². The van der Waals surface area contributed by atoms with E-state index >= 15 is 0 Å². The van der Waals surface area contributed by atoms with Crippen LogP contribution >= 0.6 is 0 Å². The van der Waals surface area contributed by atoms with Gasteiger partial charge < -0.3 is 19.1 Å². The molecule has 2 aromatic rings. The Bertz CT molecular complexity index is 851. The SMILES string of the molecule is CN1CCN(c2nnc([C@@H]3CC[C@@H]4CN3C(=O)N4OCc3ccccc3)o2)CC1. The van der Waals surface area contributed by atoms with Crippen LogP contribution in [0, 0.1) is 0 Å². The Labute approximate surface area is 169 Å². The number of amides is 2. The van der Waals surface area contributed by atoms with Crippen molar-refractivity contribution < 1.29 is 14.0 Å². The van der Waals surface area contributed by atoms with E-state index in [2.05, 4.69) is 27.0 Å². The lowest BCUT2D eigenvalue weighted by Gasteiger charge is -2.31. The molecule has 9 nitrogen and oxygen atoms in total. The predicted octanol–water partition coefficient (Wildman–Crippen LogP) is 1.89. The molecule has 154 valence electrons. The first-order valence-electron chi connectivity index (χ1n) is 10.2. The smallest absolute Gasteiger partial charge is 0.345 e. The number of benzene rings is 1. The molecule has 1 aromatic carbocycles. The number of hydroxylamine groups is 2. The van der Waals surface area contributed by atoms with Crippen molar-refractivity contribution >= 4 is 12.0 Å². The molecule has 0 saturated carbocycles. The maximum Gasteiger partial charge on any atom is 0.345 e. The second kappa shape index (κ2) is 7.64. The molecule has 3 saturated heterocycles. The fraction of sp³-hybridized carbons (Fsp3) is 0.550. The number of rotatable bonds is 5. The van der Waals surface area contributed by atoms with E-state index in [1.54, 1.807) is 4.90 Å². The van der Waals surface area contributed by atoms with Crippen LogP contribution in [0.2, 0.25) is 0 Å². The van der Waals surface area contributed by atoms with Gasteiger partial charge in [0.25, 0.3) is 0 Å². The zero-order valence-electron chi connectivity index (χ0n) is 16.6. The zero-order valence-corrected chi connectivity index (χ0v) is 16.6. The molecule has 3 fully saturated rings. The summed E-state index contributed by atoms with van der Waals surface area (Å²) in [4.78, 5) is 25.0. The number of urea groups is 1. The molecule has 0 radical (unpaired) electrons. The standard InChI is InChI=1S/C20H26N6O3/c1-23-9-11-24(12-10-23)19-22-21-18(29-19)17-8-7-16-13-25(17)20(27)26(16)28-14-15-5-3-2-4-6-15/h2-6,16-17H,7-14H2,1H3/t16-,17+/m1/s1. The number of hydrogen-bond donors (Lipinski definition) is 0. The molecule has 5 rings (SSSR count). The number of nitrogens with zero attached hydrogens (tertiary/aromatic N) is 6. The van der Waals surface area contributed by atoms with Crippen LogP contribution < -0.4 is 4.90 Å². The van der Waals surface area contributed by atoms with Gasteiger partial charge in [-0.2, -0.15) is 5.06 Å². The Morgan fingerprint density at radius 3 is 2.69 bits per heavy atom. The van der Waals surface area contributed by atoms with Gasteiger partial charge in [-0.1, -0.05) is 35.4 Å².